The Kier molecular flexibility index (Phi) is 4.52. The molecule has 1 fully saturated rings. The van der Waals surface area contributed by atoms with Crippen molar-refractivity contribution in [2.24, 2.45) is 0 Å². The van der Waals surface area contributed by atoms with Gasteiger partial charge in [0.15, 0.2) is 0 Å². The third kappa shape index (κ3) is 3.05. The molecular formula is C17H23BrN4. The lowest BCUT2D eigenvalue weighted by Gasteiger charge is -2.24. The van der Waals surface area contributed by atoms with Crippen molar-refractivity contribution in [2.45, 2.75) is 58.9 Å². The first-order valence-electron chi connectivity index (χ1n) is 8.02. The summed E-state index contributed by atoms with van der Waals surface area (Å²) in [5.74, 6) is 1.67. The highest BCUT2D eigenvalue weighted by molar-refractivity contribution is 9.10. The molecule has 4 nitrogen and oxygen atoms in total. The molecule has 0 aliphatic heterocycles. The van der Waals surface area contributed by atoms with Gasteiger partial charge >= 0.3 is 0 Å². The molecule has 1 aliphatic carbocycles. The molecule has 2 aromatic rings. The summed E-state index contributed by atoms with van der Waals surface area (Å²) >= 11 is 3.64. The quantitative estimate of drug-likeness (QED) is 0.860. The first kappa shape index (κ1) is 15.5. The van der Waals surface area contributed by atoms with Gasteiger partial charge in [-0.3, -0.25) is 4.57 Å². The first-order valence-corrected chi connectivity index (χ1v) is 8.81. The lowest BCUT2D eigenvalue weighted by atomic mass is 9.95. The topological polar surface area (TPSA) is 42.7 Å². The molecule has 0 spiro atoms. The fourth-order valence-corrected chi connectivity index (χ4v) is 3.46. The number of hydrogen-bond donors (Lipinski definition) is 1. The normalized spacial score (nSPS) is 16.0. The van der Waals surface area contributed by atoms with E-state index >= 15 is 0 Å². The molecule has 5 heteroatoms. The predicted molar refractivity (Wildman–Crippen MR) is 93.8 cm³/mol. The van der Waals surface area contributed by atoms with Gasteiger partial charge in [-0.2, -0.15) is 4.98 Å². The number of aromatic nitrogens is 3. The molecule has 0 aromatic carbocycles. The van der Waals surface area contributed by atoms with Crippen LogP contribution in [0.4, 0.5) is 5.82 Å². The van der Waals surface area contributed by atoms with Crippen molar-refractivity contribution in [3.63, 3.8) is 0 Å². The molecule has 0 unspecified atom stereocenters. The van der Waals surface area contributed by atoms with Crippen molar-refractivity contribution in [1.82, 2.24) is 14.5 Å². The van der Waals surface area contributed by atoms with Crippen molar-refractivity contribution in [1.29, 1.82) is 0 Å². The Hall–Kier alpha value is -1.36. The Morgan fingerprint density at radius 2 is 1.68 bits per heavy atom. The standard InChI is InChI=1S/C17H23BrN4/c1-11-9-10-12(2)22(11)17-19-13(3)15(18)16(21-17)20-14-7-5-4-6-8-14/h9-10,14H,4-8H2,1-3H3,(H,19,20,21). The molecule has 3 rings (SSSR count). The zero-order valence-electron chi connectivity index (χ0n) is 13.5. The van der Waals surface area contributed by atoms with Crippen LogP contribution in [-0.4, -0.2) is 20.6 Å². The molecule has 2 heterocycles. The average Bonchev–Trinajstić information content (AvgIpc) is 2.84. The maximum absolute atomic E-state index is 4.79. The van der Waals surface area contributed by atoms with Crippen LogP contribution in [0.3, 0.4) is 0 Å². The van der Waals surface area contributed by atoms with Gasteiger partial charge in [-0.05, 0) is 61.7 Å². The SMILES string of the molecule is Cc1nc(-n2c(C)ccc2C)nc(NC2CCCCC2)c1Br. The number of nitrogens with one attached hydrogen (secondary N) is 1. The van der Waals surface area contributed by atoms with Gasteiger partial charge in [-0.1, -0.05) is 19.3 Å². The van der Waals surface area contributed by atoms with Crippen molar-refractivity contribution in [3.8, 4) is 5.95 Å². The summed E-state index contributed by atoms with van der Waals surface area (Å²) < 4.78 is 3.08. The summed E-state index contributed by atoms with van der Waals surface area (Å²) in [5.41, 5.74) is 3.28. The zero-order chi connectivity index (χ0) is 15.7. The van der Waals surface area contributed by atoms with Crippen LogP contribution in [0.2, 0.25) is 0 Å². The van der Waals surface area contributed by atoms with Gasteiger partial charge in [0, 0.05) is 17.4 Å². The monoisotopic (exact) mass is 362 g/mol. The Balaban J connectivity index is 1.96. The fourth-order valence-electron chi connectivity index (χ4n) is 3.16. The van der Waals surface area contributed by atoms with Crippen molar-refractivity contribution in [3.05, 3.63) is 33.7 Å². The molecule has 0 radical (unpaired) electrons. The van der Waals surface area contributed by atoms with Crippen LogP contribution in [0.1, 0.15) is 49.2 Å². The second-order valence-corrected chi connectivity index (χ2v) is 7.00. The minimum atomic E-state index is 0.527. The Bertz CT molecular complexity index is 652. The molecule has 1 N–H and O–H groups in total. The summed E-state index contributed by atoms with van der Waals surface area (Å²) in [7, 11) is 0. The highest BCUT2D eigenvalue weighted by Gasteiger charge is 2.18. The van der Waals surface area contributed by atoms with Crippen LogP contribution in [0.15, 0.2) is 16.6 Å². The van der Waals surface area contributed by atoms with Gasteiger partial charge in [0.1, 0.15) is 5.82 Å². The third-order valence-electron chi connectivity index (χ3n) is 4.42. The van der Waals surface area contributed by atoms with Crippen LogP contribution in [0.25, 0.3) is 5.95 Å². The molecule has 1 saturated carbocycles. The Morgan fingerprint density at radius 3 is 2.32 bits per heavy atom. The van der Waals surface area contributed by atoms with E-state index in [0.717, 1.165) is 33.3 Å². The summed E-state index contributed by atoms with van der Waals surface area (Å²) in [5, 5.41) is 3.62. The van der Waals surface area contributed by atoms with E-state index in [1.165, 1.54) is 32.1 Å². The second kappa shape index (κ2) is 6.41. The van der Waals surface area contributed by atoms with Crippen molar-refractivity contribution < 1.29 is 0 Å². The van der Waals surface area contributed by atoms with E-state index in [9.17, 15) is 0 Å². The lowest BCUT2D eigenvalue weighted by Crippen LogP contribution is -2.24. The molecule has 118 valence electrons. The highest BCUT2D eigenvalue weighted by Crippen LogP contribution is 2.28. The van der Waals surface area contributed by atoms with E-state index in [-0.39, 0.29) is 0 Å². The van der Waals surface area contributed by atoms with Gasteiger partial charge < -0.3 is 5.32 Å². The van der Waals surface area contributed by atoms with Crippen LogP contribution >= 0.6 is 15.9 Å². The van der Waals surface area contributed by atoms with Gasteiger partial charge in [-0.25, -0.2) is 4.98 Å². The van der Waals surface area contributed by atoms with Gasteiger partial charge in [0.2, 0.25) is 5.95 Å². The van der Waals surface area contributed by atoms with E-state index in [2.05, 4.69) is 56.8 Å². The van der Waals surface area contributed by atoms with Crippen LogP contribution in [-0.2, 0) is 0 Å². The molecule has 0 atom stereocenters. The maximum atomic E-state index is 4.79. The van der Waals surface area contributed by atoms with E-state index in [1.807, 2.05) is 6.92 Å². The van der Waals surface area contributed by atoms with Gasteiger partial charge in [-0.15, -0.1) is 0 Å². The number of nitrogens with zero attached hydrogens (tertiary/aromatic N) is 3. The maximum Gasteiger partial charge on any atom is 0.236 e. The third-order valence-corrected chi connectivity index (χ3v) is 5.37. The van der Waals surface area contributed by atoms with Crippen LogP contribution in [0.5, 0.6) is 0 Å². The summed E-state index contributed by atoms with van der Waals surface area (Å²) in [6.45, 7) is 6.19. The number of anilines is 1. The first-order chi connectivity index (χ1) is 10.6. The summed E-state index contributed by atoms with van der Waals surface area (Å²) in [4.78, 5) is 9.44. The predicted octanol–water partition coefficient (Wildman–Crippen LogP) is 4.70. The molecule has 22 heavy (non-hydrogen) atoms. The van der Waals surface area contributed by atoms with Gasteiger partial charge in [0.25, 0.3) is 0 Å². The molecule has 0 amide bonds. The molecule has 2 aromatic heterocycles. The largest absolute Gasteiger partial charge is 0.366 e. The number of hydrogen-bond acceptors (Lipinski definition) is 3. The van der Waals surface area contributed by atoms with E-state index in [1.54, 1.807) is 0 Å². The zero-order valence-corrected chi connectivity index (χ0v) is 15.1. The molecular weight excluding hydrogens is 340 g/mol. The van der Waals surface area contributed by atoms with Crippen LogP contribution < -0.4 is 5.32 Å². The summed E-state index contributed by atoms with van der Waals surface area (Å²) in [6.07, 6.45) is 6.43. The fraction of sp³-hybridized carbons (Fsp3) is 0.529. The Morgan fingerprint density at radius 1 is 1.05 bits per heavy atom. The minimum absolute atomic E-state index is 0.527. The van der Waals surface area contributed by atoms with Crippen LogP contribution in [0, 0.1) is 20.8 Å². The Labute approximate surface area is 140 Å². The number of aryl methyl sites for hydroxylation is 3. The molecule has 1 aliphatic rings. The lowest BCUT2D eigenvalue weighted by molar-refractivity contribution is 0.461. The van der Waals surface area contributed by atoms with Crippen molar-refractivity contribution in [2.75, 3.05) is 5.32 Å². The molecule has 0 bridgehead atoms. The average molecular weight is 363 g/mol. The molecule has 0 saturated heterocycles. The number of halogens is 1. The van der Waals surface area contributed by atoms with E-state index in [0.29, 0.717) is 6.04 Å². The number of rotatable bonds is 3. The minimum Gasteiger partial charge on any atom is -0.366 e. The smallest absolute Gasteiger partial charge is 0.236 e. The summed E-state index contributed by atoms with van der Waals surface area (Å²) in [6, 6.07) is 4.73. The van der Waals surface area contributed by atoms with E-state index in [4.69, 9.17) is 4.98 Å². The second-order valence-electron chi connectivity index (χ2n) is 6.20. The van der Waals surface area contributed by atoms with E-state index < -0.39 is 0 Å². The van der Waals surface area contributed by atoms with Crippen molar-refractivity contribution >= 4 is 21.7 Å². The highest BCUT2D eigenvalue weighted by atomic mass is 79.9. The van der Waals surface area contributed by atoms with Gasteiger partial charge in [0.05, 0.1) is 10.2 Å².